The van der Waals surface area contributed by atoms with E-state index in [0.717, 1.165) is 62.8 Å². The van der Waals surface area contributed by atoms with Crippen LogP contribution in [0.15, 0.2) is 65.6 Å². The standard InChI is InChI=1S/C34H43ClN6O3/c1-4-7-21-44-34(43)38-27-14-12-13-25(22-27)17-20-41-31-26(23-29(32(41)42)28-15-8-9-16-30(28)35)24-37-33(39-31)36-18-10-11-19-40(5-2)6-3/h8-9,12-16,22-24H,4-7,10-11,17-21H2,1-3H3,(H,38,43)(H,36,37,39). The molecule has 0 aliphatic heterocycles. The van der Waals surface area contributed by atoms with Gasteiger partial charge < -0.3 is 15.0 Å². The zero-order chi connectivity index (χ0) is 31.3. The molecule has 0 aliphatic carbocycles. The summed E-state index contributed by atoms with van der Waals surface area (Å²) >= 11 is 6.52. The molecule has 234 valence electrons. The van der Waals surface area contributed by atoms with Gasteiger partial charge in [-0.3, -0.25) is 14.7 Å². The van der Waals surface area contributed by atoms with Gasteiger partial charge in [-0.25, -0.2) is 9.78 Å². The molecule has 44 heavy (non-hydrogen) atoms. The number of benzene rings is 2. The monoisotopic (exact) mass is 618 g/mol. The van der Waals surface area contributed by atoms with Gasteiger partial charge in [-0.15, -0.1) is 0 Å². The minimum absolute atomic E-state index is 0.178. The van der Waals surface area contributed by atoms with Crippen LogP contribution in [-0.4, -0.2) is 58.3 Å². The zero-order valence-electron chi connectivity index (χ0n) is 25.9. The summed E-state index contributed by atoms with van der Waals surface area (Å²) in [5.74, 6) is 0.492. The molecule has 2 heterocycles. The van der Waals surface area contributed by atoms with Gasteiger partial charge in [0.25, 0.3) is 5.56 Å². The third kappa shape index (κ3) is 9.03. The predicted molar refractivity (Wildman–Crippen MR) is 180 cm³/mol. The molecular weight excluding hydrogens is 576 g/mol. The highest BCUT2D eigenvalue weighted by Crippen LogP contribution is 2.27. The van der Waals surface area contributed by atoms with Crippen LogP contribution in [0.25, 0.3) is 22.2 Å². The number of nitrogens with zero attached hydrogens (tertiary/aromatic N) is 4. The Balaban J connectivity index is 1.57. The van der Waals surface area contributed by atoms with Crippen molar-refractivity contribution in [3.8, 4) is 11.1 Å². The Morgan fingerprint density at radius 2 is 1.82 bits per heavy atom. The Kier molecular flexibility index (Phi) is 12.6. The number of pyridine rings is 1. The van der Waals surface area contributed by atoms with E-state index in [1.807, 2.05) is 55.5 Å². The number of hydrogen-bond donors (Lipinski definition) is 2. The number of aryl methyl sites for hydroxylation is 2. The molecule has 0 unspecified atom stereocenters. The van der Waals surface area contributed by atoms with Gasteiger partial charge in [0.15, 0.2) is 0 Å². The van der Waals surface area contributed by atoms with Crippen LogP contribution < -0.4 is 16.2 Å². The normalized spacial score (nSPS) is 11.2. The first-order valence-corrected chi connectivity index (χ1v) is 16.0. The van der Waals surface area contributed by atoms with Gasteiger partial charge in [0, 0.05) is 46.5 Å². The van der Waals surface area contributed by atoms with Gasteiger partial charge in [0.2, 0.25) is 5.95 Å². The first-order chi connectivity index (χ1) is 21.4. The van der Waals surface area contributed by atoms with Gasteiger partial charge in [-0.1, -0.05) is 69.1 Å². The Labute approximate surface area is 264 Å². The second kappa shape index (κ2) is 16.8. The number of carbonyl (C=O) groups excluding carboxylic acids is 1. The number of anilines is 2. The number of rotatable bonds is 16. The molecule has 10 heteroatoms. The molecule has 2 aromatic heterocycles. The summed E-state index contributed by atoms with van der Waals surface area (Å²) in [4.78, 5) is 37.9. The van der Waals surface area contributed by atoms with E-state index in [0.29, 0.717) is 53.0 Å². The van der Waals surface area contributed by atoms with Crippen molar-refractivity contribution < 1.29 is 9.53 Å². The second-order valence-electron chi connectivity index (χ2n) is 10.7. The van der Waals surface area contributed by atoms with Crippen molar-refractivity contribution in [1.82, 2.24) is 19.4 Å². The minimum atomic E-state index is -0.477. The third-order valence-corrected chi connectivity index (χ3v) is 7.93. The average Bonchev–Trinajstić information content (AvgIpc) is 3.03. The Hall–Kier alpha value is -3.95. The van der Waals surface area contributed by atoms with E-state index >= 15 is 0 Å². The number of amides is 1. The molecule has 0 fully saturated rings. The Bertz CT molecular complexity index is 1590. The lowest BCUT2D eigenvalue weighted by atomic mass is 10.1. The van der Waals surface area contributed by atoms with Crippen molar-refractivity contribution in [2.75, 3.05) is 43.4 Å². The van der Waals surface area contributed by atoms with Crippen LogP contribution in [0.1, 0.15) is 52.0 Å². The first kappa shape index (κ1) is 33.0. The molecule has 2 aromatic carbocycles. The number of unbranched alkanes of at least 4 members (excludes halogenated alkanes) is 2. The summed E-state index contributed by atoms with van der Waals surface area (Å²) in [7, 11) is 0. The smallest absolute Gasteiger partial charge is 0.411 e. The highest BCUT2D eigenvalue weighted by Gasteiger charge is 2.16. The molecule has 0 atom stereocenters. The molecule has 0 radical (unpaired) electrons. The lowest BCUT2D eigenvalue weighted by molar-refractivity contribution is 0.160. The number of halogens is 1. The fourth-order valence-electron chi connectivity index (χ4n) is 5.03. The summed E-state index contributed by atoms with van der Waals surface area (Å²) in [6, 6.07) is 16.7. The van der Waals surface area contributed by atoms with Crippen LogP contribution in [0.4, 0.5) is 16.4 Å². The molecule has 9 nitrogen and oxygen atoms in total. The number of fused-ring (bicyclic) bond motifs is 1. The molecule has 0 bridgehead atoms. The van der Waals surface area contributed by atoms with E-state index in [1.165, 1.54) is 0 Å². The van der Waals surface area contributed by atoms with Crippen LogP contribution in [0.2, 0.25) is 5.02 Å². The van der Waals surface area contributed by atoms with Crippen LogP contribution in [0, 0.1) is 0 Å². The first-order valence-electron chi connectivity index (χ1n) is 15.6. The summed E-state index contributed by atoms with van der Waals surface area (Å²) in [6.07, 6.45) is 5.67. The summed E-state index contributed by atoms with van der Waals surface area (Å²) in [5, 5.41) is 7.38. The molecular formula is C34H43ClN6O3. The van der Waals surface area contributed by atoms with Crippen LogP contribution in [-0.2, 0) is 17.7 Å². The third-order valence-electron chi connectivity index (χ3n) is 7.60. The van der Waals surface area contributed by atoms with E-state index < -0.39 is 6.09 Å². The minimum Gasteiger partial charge on any atom is -0.449 e. The van der Waals surface area contributed by atoms with Crippen molar-refractivity contribution in [2.45, 2.75) is 59.4 Å². The Morgan fingerprint density at radius 3 is 2.59 bits per heavy atom. The van der Waals surface area contributed by atoms with E-state index in [2.05, 4.69) is 34.4 Å². The molecule has 0 spiro atoms. The van der Waals surface area contributed by atoms with Gasteiger partial charge >= 0.3 is 6.09 Å². The summed E-state index contributed by atoms with van der Waals surface area (Å²) in [6.45, 7) is 11.1. The molecule has 0 saturated heterocycles. The van der Waals surface area contributed by atoms with Gasteiger partial charge in [-0.05, 0) is 75.1 Å². The number of carbonyl (C=O) groups is 1. The maximum absolute atomic E-state index is 14.0. The molecule has 2 N–H and O–H groups in total. The van der Waals surface area contributed by atoms with E-state index in [9.17, 15) is 9.59 Å². The maximum Gasteiger partial charge on any atom is 0.411 e. The quantitative estimate of drug-likeness (QED) is 0.128. The highest BCUT2D eigenvalue weighted by atomic mass is 35.5. The Morgan fingerprint density at radius 1 is 1.00 bits per heavy atom. The van der Waals surface area contributed by atoms with Crippen LogP contribution >= 0.6 is 11.6 Å². The van der Waals surface area contributed by atoms with Crippen LogP contribution in [0.3, 0.4) is 0 Å². The van der Waals surface area contributed by atoms with Gasteiger partial charge in [0.05, 0.1) is 6.61 Å². The lowest BCUT2D eigenvalue weighted by Gasteiger charge is -2.17. The van der Waals surface area contributed by atoms with Crippen LogP contribution in [0.5, 0.6) is 0 Å². The SMILES string of the molecule is CCCCOC(=O)Nc1cccc(CCn2c(=O)c(-c3ccccc3Cl)cc3cnc(NCCCCN(CC)CC)nc32)c1. The number of hydrogen-bond acceptors (Lipinski definition) is 7. The second-order valence-corrected chi connectivity index (χ2v) is 11.1. The molecule has 4 aromatic rings. The number of nitrogens with one attached hydrogen (secondary N) is 2. The fourth-order valence-corrected chi connectivity index (χ4v) is 5.27. The lowest BCUT2D eigenvalue weighted by Crippen LogP contribution is -2.25. The highest BCUT2D eigenvalue weighted by molar-refractivity contribution is 6.33. The summed E-state index contributed by atoms with van der Waals surface area (Å²) in [5.41, 5.74) is 3.14. The summed E-state index contributed by atoms with van der Waals surface area (Å²) < 4.78 is 6.92. The van der Waals surface area contributed by atoms with Gasteiger partial charge in [0.1, 0.15) is 5.65 Å². The van der Waals surface area contributed by atoms with E-state index in [-0.39, 0.29) is 5.56 Å². The van der Waals surface area contributed by atoms with E-state index in [4.69, 9.17) is 21.3 Å². The molecule has 0 aliphatic rings. The maximum atomic E-state index is 14.0. The number of aromatic nitrogens is 3. The average molecular weight is 619 g/mol. The van der Waals surface area contributed by atoms with Crippen molar-refractivity contribution in [3.05, 3.63) is 81.7 Å². The predicted octanol–water partition coefficient (Wildman–Crippen LogP) is 7.24. The molecule has 0 saturated carbocycles. The topological polar surface area (TPSA) is 101 Å². The van der Waals surface area contributed by atoms with Crippen molar-refractivity contribution in [2.24, 2.45) is 0 Å². The number of ether oxygens (including phenoxy) is 1. The van der Waals surface area contributed by atoms with Crippen molar-refractivity contribution in [1.29, 1.82) is 0 Å². The molecule has 4 rings (SSSR count). The zero-order valence-corrected chi connectivity index (χ0v) is 26.7. The largest absolute Gasteiger partial charge is 0.449 e. The van der Waals surface area contributed by atoms with Crippen molar-refractivity contribution in [3.63, 3.8) is 0 Å². The molecule has 1 amide bonds. The fraction of sp³-hybridized carbons (Fsp3) is 0.412. The van der Waals surface area contributed by atoms with Crippen molar-refractivity contribution >= 4 is 40.4 Å². The van der Waals surface area contributed by atoms with Gasteiger partial charge in [-0.2, -0.15) is 4.98 Å². The van der Waals surface area contributed by atoms with E-state index in [1.54, 1.807) is 16.8 Å².